The first-order chi connectivity index (χ1) is 5.66. The smallest absolute Gasteiger partial charge is 0.251 e. The van der Waals surface area contributed by atoms with Gasteiger partial charge in [0.15, 0.2) is 0 Å². The molecule has 0 aromatic carbocycles. The third-order valence-electron chi connectivity index (χ3n) is 1.45. The lowest BCUT2D eigenvalue weighted by Gasteiger charge is -2.12. The fourth-order valence-electron chi connectivity index (χ4n) is 0.757. The number of carbonyl (C=O) groups is 1. The number of aromatic nitrogens is 4. The molecule has 1 aromatic rings. The van der Waals surface area contributed by atoms with Gasteiger partial charge in [-0.3, -0.25) is 9.69 Å². The Balaban J connectivity index is 2.84. The highest BCUT2D eigenvalue weighted by Crippen LogP contribution is 2.02. The maximum atomic E-state index is 11.1. The maximum absolute atomic E-state index is 11.1. The van der Waals surface area contributed by atoms with Gasteiger partial charge in [-0.15, -0.1) is 0 Å². The molecule has 0 saturated heterocycles. The average Bonchev–Trinajstić information content (AvgIpc) is 2.48. The summed E-state index contributed by atoms with van der Waals surface area (Å²) in [6.07, 6.45) is 0. The average molecular weight is 170 g/mol. The Morgan fingerprint density at radius 2 is 2.42 bits per heavy atom. The summed E-state index contributed by atoms with van der Waals surface area (Å²) in [5.41, 5.74) is 5.16. The van der Waals surface area contributed by atoms with Gasteiger partial charge in [-0.25, -0.2) is 4.68 Å². The lowest BCUT2D eigenvalue weighted by atomic mass is 10.5. The van der Waals surface area contributed by atoms with Crippen LogP contribution in [0.2, 0.25) is 0 Å². The van der Waals surface area contributed by atoms with Crippen molar-refractivity contribution in [1.29, 1.82) is 0 Å². The van der Waals surface area contributed by atoms with Gasteiger partial charge in [-0.1, -0.05) is 5.10 Å². The van der Waals surface area contributed by atoms with E-state index >= 15 is 0 Å². The van der Waals surface area contributed by atoms with Crippen LogP contribution >= 0.6 is 0 Å². The molecule has 0 aliphatic rings. The lowest BCUT2D eigenvalue weighted by Crippen LogP contribution is -2.34. The van der Waals surface area contributed by atoms with E-state index in [4.69, 9.17) is 5.73 Å². The zero-order chi connectivity index (χ0) is 9.14. The van der Waals surface area contributed by atoms with Gasteiger partial charge in [-0.2, -0.15) is 0 Å². The van der Waals surface area contributed by atoms with Crippen molar-refractivity contribution in [1.82, 2.24) is 20.2 Å². The van der Waals surface area contributed by atoms with Crippen LogP contribution in [0.15, 0.2) is 0 Å². The molecule has 1 aromatic heterocycles. The fraction of sp³-hybridized carbons (Fsp3) is 0.600. The zero-order valence-corrected chi connectivity index (χ0v) is 6.93. The van der Waals surface area contributed by atoms with Crippen molar-refractivity contribution in [2.24, 2.45) is 12.8 Å². The second kappa shape index (κ2) is 3.26. The molecular weight excluding hydrogens is 160 g/mol. The third-order valence-corrected chi connectivity index (χ3v) is 1.45. The van der Waals surface area contributed by atoms with E-state index in [1.54, 1.807) is 14.1 Å². The highest BCUT2D eigenvalue weighted by molar-refractivity contribution is 5.92. The molecule has 0 fully saturated rings. The minimum Gasteiger partial charge on any atom is -0.322 e. The Morgan fingerprint density at radius 3 is 2.83 bits per heavy atom. The molecule has 0 saturated carbocycles. The standard InChI is InChI=1S/C5H10N6O/c1-10(4(12)3-6)5-7-8-9-11(5)2/h3,6H2,1-2H3. The van der Waals surface area contributed by atoms with Crippen LogP contribution in [0.25, 0.3) is 0 Å². The van der Waals surface area contributed by atoms with Crippen LogP contribution in [0.1, 0.15) is 0 Å². The van der Waals surface area contributed by atoms with Gasteiger partial charge < -0.3 is 5.73 Å². The van der Waals surface area contributed by atoms with Gasteiger partial charge in [-0.05, 0) is 10.4 Å². The van der Waals surface area contributed by atoms with Crippen LogP contribution < -0.4 is 10.6 Å². The quantitative estimate of drug-likeness (QED) is 0.561. The van der Waals surface area contributed by atoms with E-state index < -0.39 is 0 Å². The van der Waals surface area contributed by atoms with Crippen LogP contribution in [0.5, 0.6) is 0 Å². The molecule has 12 heavy (non-hydrogen) atoms. The molecule has 0 unspecified atom stereocenters. The first kappa shape index (κ1) is 8.60. The normalized spacial score (nSPS) is 9.92. The number of carbonyl (C=O) groups excluding carboxylic acids is 1. The molecule has 66 valence electrons. The minimum absolute atomic E-state index is 0.0522. The highest BCUT2D eigenvalue weighted by atomic mass is 16.2. The van der Waals surface area contributed by atoms with Crippen molar-refractivity contribution in [3.63, 3.8) is 0 Å². The third kappa shape index (κ3) is 1.40. The Hall–Kier alpha value is -1.50. The second-order valence-electron chi connectivity index (χ2n) is 2.26. The van der Waals surface area contributed by atoms with Crippen LogP contribution in [0.4, 0.5) is 5.95 Å². The second-order valence-corrected chi connectivity index (χ2v) is 2.26. The number of nitrogens with two attached hydrogens (primary N) is 1. The molecular formula is C5H10N6O. The Morgan fingerprint density at radius 1 is 1.75 bits per heavy atom. The number of rotatable bonds is 2. The number of hydrogen-bond donors (Lipinski definition) is 1. The summed E-state index contributed by atoms with van der Waals surface area (Å²) in [6.45, 7) is -0.0522. The summed E-state index contributed by atoms with van der Waals surface area (Å²) < 4.78 is 1.40. The number of likely N-dealkylation sites (N-methyl/N-ethyl adjacent to an activating group) is 1. The summed E-state index contributed by atoms with van der Waals surface area (Å²) in [5.74, 6) is 0.151. The van der Waals surface area contributed by atoms with E-state index in [0.717, 1.165) is 0 Å². The topological polar surface area (TPSA) is 89.9 Å². The van der Waals surface area contributed by atoms with E-state index in [9.17, 15) is 4.79 Å². The number of hydrogen-bond acceptors (Lipinski definition) is 5. The molecule has 1 rings (SSSR count). The van der Waals surface area contributed by atoms with Gasteiger partial charge in [0.05, 0.1) is 6.54 Å². The predicted octanol–water partition coefficient (Wildman–Crippen LogP) is -1.87. The van der Waals surface area contributed by atoms with Crippen molar-refractivity contribution in [2.45, 2.75) is 0 Å². The fourth-order valence-corrected chi connectivity index (χ4v) is 0.757. The van der Waals surface area contributed by atoms with Crippen LogP contribution in [-0.2, 0) is 11.8 Å². The Kier molecular flexibility index (Phi) is 2.34. The van der Waals surface area contributed by atoms with Crippen molar-refractivity contribution >= 4 is 11.9 Å². The van der Waals surface area contributed by atoms with Crippen LogP contribution in [0, 0.1) is 0 Å². The summed E-state index contributed by atoms with van der Waals surface area (Å²) >= 11 is 0. The molecule has 0 bridgehead atoms. The monoisotopic (exact) mass is 170 g/mol. The highest BCUT2D eigenvalue weighted by Gasteiger charge is 2.13. The Labute approximate surface area is 69.1 Å². The first-order valence-corrected chi connectivity index (χ1v) is 3.35. The van der Waals surface area contributed by atoms with E-state index in [2.05, 4.69) is 15.5 Å². The summed E-state index contributed by atoms with van der Waals surface area (Å²) in [4.78, 5) is 12.4. The van der Waals surface area contributed by atoms with Crippen molar-refractivity contribution < 1.29 is 4.79 Å². The molecule has 0 atom stereocenters. The van der Waals surface area contributed by atoms with E-state index in [1.165, 1.54) is 9.58 Å². The minimum atomic E-state index is -0.229. The molecule has 0 spiro atoms. The number of anilines is 1. The lowest BCUT2D eigenvalue weighted by molar-refractivity contribution is -0.117. The summed E-state index contributed by atoms with van der Waals surface area (Å²) in [6, 6.07) is 0. The molecule has 1 amide bonds. The van der Waals surface area contributed by atoms with E-state index in [-0.39, 0.29) is 12.5 Å². The maximum Gasteiger partial charge on any atom is 0.251 e. The largest absolute Gasteiger partial charge is 0.322 e. The molecule has 7 heteroatoms. The molecule has 7 nitrogen and oxygen atoms in total. The van der Waals surface area contributed by atoms with Gasteiger partial charge in [0.1, 0.15) is 0 Å². The molecule has 1 heterocycles. The molecule has 0 radical (unpaired) electrons. The molecule has 0 aliphatic heterocycles. The van der Waals surface area contributed by atoms with Gasteiger partial charge in [0, 0.05) is 14.1 Å². The first-order valence-electron chi connectivity index (χ1n) is 3.35. The molecule has 0 aliphatic carbocycles. The van der Waals surface area contributed by atoms with Crippen molar-refractivity contribution in [3.8, 4) is 0 Å². The zero-order valence-electron chi connectivity index (χ0n) is 6.93. The number of amides is 1. The van der Waals surface area contributed by atoms with E-state index in [1.807, 2.05) is 0 Å². The van der Waals surface area contributed by atoms with Crippen LogP contribution in [-0.4, -0.2) is 39.7 Å². The van der Waals surface area contributed by atoms with Gasteiger partial charge in [0.2, 0.25) is 5.91 Å². The van der Waals surface area contributed by atoms with E-state index in [0.29, 0.717) is 5.95 Å². The summed E-state index contributed by atoms with van der Waals surface area (Å²) in [7, 11) is 3.22. The van der Waals surface area contributed by atoms with Crippen molar-refractivity contribution in [2.75, 3.05) is 18.5 Å². The number of aryl methyl sites for hydroxylation is 1. The summed E-state index contributed by atoms with van der Waals surface area (Å²) in [5, 5.41) is 10.6. The van der Waals surface area contributed by atoms with Gasteiger partial charge >= 0.3 is 0 Å². The van der Waals surface area contributed by atoms with Crippen molar-refractivity contribution in [3.05, 3.63) is 0 Å². The number of tetrazole rings is 1. The SMILES string of the molecule is CN(C(=O)CN)c1nnnn1C. The van der Waals surface area contributed by atoms with Gasteiger partial charge in [0.25, 0.3) is 5.95 Å². The Bertz CT molecular complexity index is 281. The molecule has 2 N–H and O–H groups in total. The van der Waals surface area contributed by atoms with Crippen LogP contribution in [0.3, 0.4) is 0 Å². The number of nitrogens with zero attached hydrogens (tertiary/aromatic N) is 5. The predicted molar refractivity (Wildman–Crippen MR) is 41.3 cm³/mol.